The second-order valence-electron chi connectivity index (χ2n) is 7.03. The highest BCUT2D eigenvalue weighted by Crippen LogP contribution is 2.29. The van der Waals surface area contributed by atoms with E-state index in [1.807, 2.05) is 20.8 Å². The fraction of sp³-hybridized carbons (Fsp3) is 0.688. The number of alkyl halides is 2. The van der Waals surface area contributed by atoms with E-state index in [2.05, 4.69) is 10.4 Å². The van der Waals surface area contributed by atoms with Gasteiger partial charge in [-0.25, -0.2) is 13.6 Å². The van der Waals surface area contributed by atoms with Crippen molar-refractivity contribution in [3.63, 3.8) is 0 Å². The average molecular weight is 358 g/mol. The van der Waals surface area contributed by atoms with Gasteiger partial charge >= 0.3 is 12.0 Å². The molecule has 0 aromatic carbocycles. The fourth-order valence-electron chi connectivity index (χ4n) is 3.10. The molecule has 2 amide bonds. The maximum atomic E-state index is 13.4. The highest BCUT2D eigenvalue weighted by molar-refractivity contribution is 5.90. The lowest BCUT2D eigenvalue weighted by atomic mass is 9.91. The van der Waals surface area contributed by atoms with E-state index < -0.39 is 24.3 Å². The number of halogens is 2. The van der Waals surface area contributed by atoms with E-state index in [1.165, 1.54) is 15.8 Å². The number of carbonyl (C=O) groups excluding carboxylic acids is 1. The molecule has 2 heterocycles. The number of likely N-dealkylation sites (tertiary alicyclic amines) is 1. The largest absolute Gasteiger partial charge is 0.481 e. The van der Waals surface area contributed by atoms with E-state index in [0.29, 0.717) is 19.5 Å². The summed E-state index contributed by atoms with van der Waals surface area (Å²) < 4.78 is 28.0. The summed E-state index contributed by atoms with van der Waals surface area (Å²) in [4.78, 5) is 25.0. The number of aliphatic carboxylic acids is 1. The van der Waals surface area contributed by atoms with Crippen molar-refractivity contribution in [2.75, 3.05) is 18.4 Å². The Morgan fingerprint density at radius 1 is 1.40 bits per heavy atom. The van der Waals surface area contributed by atoms with Crippen LogP contribution in [-0.2, 0) is 11.3 Å². The molecule has 140 valence electrons. The molecule has 1 fully saturated rings. The third kappa shape index (κ3) is 4.67. The number of piperidine rings is 1. The van der Waals surface area contributed by atoms with Gasteiger partial charge in [-0.05, 0) is 18.3 Å². The molecule has 7 nitrogen and oxygen atoms in total. The van der Waals surface area contributed by atoms with Crippen molar-refractivity contribution in [1.29, 1.82) is 0 Å². The second kappa shape index (κ2) is 7.79. The van der Waals surface area contributed by atoms with Crippen LogP contribution in [0.4, 0.5) is 19.3 Å². The Bertz CT molecular complexity index is 633. The zero-order valence-corrected chi connectivity index (χ0v) is 14.6. The predicted octanol–water partition coefficient (Wildman–Crippen LogP) is 3.05. The van der Waals surface area contributed by atoms with Crippen molar-refractivity contribution in [3.05, 3.63) is 11.9 Å². The van der Waals surface area contributed by atoms with Crippen molar-refractivity contribution in [1.82, 2.24) is 14.7 Å². The molecule has 0 radical (unpaired) electrons. The zero-order chi connectivity index (χ0) is 18.7. The van der Waals surface area contributed by atoms with Crippen LogP contribution in [0.15, 0.2) is 6.20 Å². The van der Waals surface area contributed by atoms with Gasteiger partial charge in [0, 0.05) is 19.6 Å². The molecule has 2 unspecified atom stereocenters. The maximum Gasteiger partial charge on any atom is 0.321 e. The Morgan fingerprint density at radius 3 is 2.64 bits per heavy atom. The molecule has 0 bridgehead atoms. The molecule has 0 spiro atoms. The summed E-state index contributed by atoms with van der Waals surface area (Å²) in [6, 6.07) is -0.580. The summed E-state index contributed by atoms with van der Waals surface area (Å²) >= 11 is 0. The molecule has 9 heteroatoms. The number of carbonyl (C=O) groups is 2. The molecule has 2 rings (SSSR count). The lowest BCUT2D eigenvalue weighted by molar-refractivity contribution is -0.143. The summed E-state index contributed by atoms with van der Waals surface area (Å²) in [5.74, 6) is -1.45. The number of anilines is 1. The first-order valence-corrected chi connectivity index (χ1v) is 8.31. The number of nitrogens with zero attached hydrogens (tertiary/aromatic N) is 3. The summed E-state index contributed by atoms with van der Waals surface area (Å²) in [5, 5.41) is 15.6. The van der Waals surface area contributed by atoms with Crippen LogP contribution in [0, 0.1) is 17.8 Å². The minimum absolute atomic E-state index is 0.0267. The molecule has 25 heavy (non-hydrogen) atoms. The molecule has 2 N–H and O–H groups in total. The van der Waals surface area contributed by atoms with Gasteiger partial charge in [0.2, 0.25) is 0 Å². The quantitative estimate of drug-likeness (QED) is 0.847. The first kappa shape index (κ1) is 19.1. The van der Waals surface area contributed by atoms with Gasteiger partial charge in [0.15, 0.2) is 0 Å². The van der Waals surface area contributed by atoms with Crippen LogP contribution in [0.2, 0.25) is 0 Å². The van der Waals surface area contributed by atoms with Crippen LogP contribution < -0.4 is 5.32 Å². The number of amides is 2. The van der Waals surface area contributed by atoms with Crippen molar-refractivity contribution in [2.45, 2.75) is 40.2 Å². The SMILES string of the molecule is CC(C)Cn1ncc(NC(=O)N2CC(C)CC(C(=O)O)C2)c1C(F)F. The van der Waals surface area contributed by atoms with Crippen LogP contribution in [0.25, 0.3) is 0 Å². The fourth-order valence-corrected chi connectivity index (χ4v) is 3.10. The molecule has 0 aliphatic carbocycles. The van der Waals surface area contributed by atoms with Crippen molar-refractivity contribution >= 4 is 17.7 Å². The third-order valence-electron chi connectivity index (χ3n) is 4.16. The molecule has 0 saturated carbocycles. The number of carboxylic acid groups (broad SMARTS) is 1. The number of hydrogen-bond acceptors (Lipinski definition) is 3. The third-order valence-corrected chi connectivity index (χ3v) is 4.16. The number of carboxylic acids is 1. The summed E-state index contributed by atoms with van der Waals surface area (Å²) in [6.07, 6.45) is -1.07. The first-order chi connectivity index (χ1) is 11.7. The van der Waals surface area contributed by atoms with Crippen LogP contribution in [0.1, 0.15) is 39.3 Å². The van der Waals surface area contributed by atoms with Crippen molar-refractivity contribution in [3.8, 4) is 0 Å². The highest BCUT2D eigenvalue weighted by Gasteiger charge is 2.32. The van der Waals surface area contributed by atoms with E-state index in [4.69, 9.17) is 0 Å². The van der Waals surface area contributed by atoms with Crippen LogP contribution in [0.3, 0.4) is 0 Å². The predicted molar refractivity (Wildman–Crippen MR) is 87.5 cm³/mol. The van der Waals surface area contributed by atoms with Gasteiger partial charge in [-0.2, -0.15) is 5.10 Å². The topological polar surface area (TPSA) is 87.5 Å². The minimum Gasteiger partial charge on any atom is -0.481 e. The molecule has 1 aromatic heterocycles. The van der Waals surface area contributed by atoms with Crippen LogP contribution in [-0.4, -0.2) is 44.9 Å². The van der Waals surface area contributed by atoms with E-state index in [0.717, 1.165) is 0 Å². The van der Waals surface area contributed by atoms with Gasteiger partial charge in [0.1, 0.15) is 5.69 Å². The Morgan fingerprint density at radius 2 is 2.08 bits per heavy atom. The highest BCUT2D eigenvalue weighted by atomic mass is 19.3. The van der Waals surface area contributed by atoms with Gasteiger partial charge in [0.25, 0.3) is 6.43 Å². The van der Waals surface area contributed by atoms with Gasteiger partial charge in [0.05, 0.1) is 17.8 Å². The Balaban J connectivity index is 2.14. The minimum atomic E-state index is -2.77. The van der Waals surface area contributed by atoms with E-state index in [1.54, 1.807) is 0 Å². The zero-order valence-electron chi connectivity index (χ0n) is 14.6. The first-order valence-electron chi connectivity index (χ1n) is 8.31. The molecular formula is C16H24F2N4O3. The molecular weight excluding hydrogens is 334 g/mol. The maximum absolute atomic E-state index is 13.4. The normalized spacial score (nSPS) is 21.0. The molecule has 1 aliphatic rings. The lowest BCUT2D eigenvalue weighted by Crippen LogP contribution is -2.47. The number of aromatic nitrogens is 2. The standard InChI is InChI=1S/C16H24F2N4O3/c1-9(2)6-22-13(14(17)18)12(5-19-22)20-16(25)21-7-10(3)4-11(8-21)15(23)24/h5,9-11,14H,4,6-8H2,1-3H3,(H,20,25)(H,23,24). The second-order valence-corrected chi connectivity index (χ2v) is 7.03. The molecule has 1 aromatic rings. The van der Waals surface area contributed by atoms with Gasteiger partial charge < -0.3 is 15.3 Å². The Kier molecular flexibility index (Phi) is 5.97. The summed E-state index contributed by atoms with van der Waals surface area (Å²) in [5.41, 5.74) is -0.368. The number of urea groups is 1. The Labute approximate surface area is 145 Å². The smallest absolute Gasteiger partial charge is 0.321 e. The van der Waals surface area contributed by atoms with Crippen molar-refractivity contribution in [2.24, 2.45) is 17.8 Å². The van der Waals surface area contributed by atoms with Gasteiger partial charge in [-0.15, -0.1) is 0 Å². The average Bonchev–Trinajstić information content (AvgIpc) is 2.88. The number of hydrogen-bond donors (Lipinski definition) is 2. The van der Waals surface area contributed by atoms with Crippen molar-refractivity contribution < 1.29 is 23.5 Å². The van der Waals surface area contributed by atoms with E-state index in [-0.39, 0.29) is 29.8 Å². The molecule has 1 saturated heterocycles. The molecule has 2 atom stereocenters. The van der Waals surface area contributed by atoms with Crippen LogP contribution in [0.5, 0.6) is 0 Å². The van der Waals surface area contributed by atoms with Crippen LogP contribution >= 0.6 is 0 Å². The summed E-state index contributed by atoms with van der Waals surface area (Å²) in [7, 11) is 0. The number of nitrogens with one attached hydrogen (secondary N) is 1. The van der Waals surface area contributed by atoms with E-state index in [9.17, 15) is 23.5 Å². The molecule has 1 aliphatic heterocycles. The summed E-state index contributed by atoms with van der Waals surface area (Å²) in [6.45, 7) is 6.40. The van der Waals surface area contributed by atoms with E-state index >= 15 is 0 Å². The Hall–Kier alpha value is -2.19. The van der Waals surface area contributed by atoms with Gasteiger partial charge in [-0.3, -0.25) is 9.48 Å². The monoisotopic (exact) mass is 358 g/mol. The number of rotatable bonds is 5. The lowest BCUT2D eigenvalue weighted by Gasteiger charge is -2.34. The van der Waals surface area contributed by atoms with Gasteiger partial charge in [-0.1, -0.05) is 20.8 Å².